The summed E-state index contributed by atoms with van der Waals surface area (Å²) >= 11 is 12.8. The molecule has 1 atom stereocenters. The summed E-state index contributed by atoms with van der Waals surface area (Å²) in [7, 11) is 0. The second-order valence-corrected chi connectivity index (χ2v) is 8.55. The molecule has 0 aromatic heterocycles. The minimum atomic E-state index is -0.553. The van der Waals surface area contributed by atoms with Gasteiger partial charge in [0, 0.05) is 23.1 Å². The predicted octanol–water partition coefficient (Wildman–Crippen LogP) is 3.96. The molecule has 1 N–H and O–H groups in total. The van der Waals surface area contributed by atoms with E-state index >= 15 is 0 Å². The van der Waals surface area contributed by atoms with E-state index in [1.165, 1.54) is 0 Å². The van der Waals surface area contributed by atoms with Crippen LogP contribution in [0.25, 0.3) is 6.08 Å². The first-order valence-electron chi connectivity index (χ1n) is 8.95. The van der Waals surface area contributed by atoms with E-state index in [-0.39, 0.29) is 29.1 Å². The molecule has 0 bridgehead atoms. The van der Waals surface area contributed by atoms with Crippen LogP contribution in [0, 0.1) is 5.92 Å². The van der Waals surface area contributed by atoms with Crippen molar-refractivity contribution in [1.82, 2.24) is 10.2 Å². The smallest absolute Gasteiger partial charge is 0.293 e. The van der Waals surface area contributed by atoms with Crippen LogP contribution in [0.15, 0.2) is 23.1 Å². The summed E-state index contributed by atoms with van der Waals surface area (Å²) in [5, 5.41) is 3.20. The molecule has 0 radical (unpaired) electrons. The number of halogens is 2. The average Bonchev–Trinajstić information content (AvgIpc) is 3.44. The molecule has 1 aromatic rings. The highest BCUT2D eigenvalue weighted by molar-refractivity contribution is 8.18. The number of carbonyl (C=O) groups excluding carboxylic acids is 3. The Hall–Kier alpha value is -1.54. The molecular weight excluding hydrogens is 423 g/mol. The molecule has 3 rings (SSSR count). The first kappa shape index (κ1) is 21.2. The number of hydrogen-bond donors (Lipinski definition) is 1. The minimum absolute atomic E-state index is 0.0947. The number of benzene rings is 1. The Morgan fingerprint density at radius 3 is 2.82 bits per heavy atom. The summed E-state index contributed by atoms with van der Waals surface area (Å²) in [4.78, 5) is 38.1. The number of thioether (sulfide) groups is 1. The lowest BCUT2D eigenvalue weighted by atomic mass is 10.2. The minimum Gasteiger partial charge on any atom is -0.368 e. The van der Waals surface area contributed by atoms with Gasteiger partial charge in [-0.2, -0.15) is 0 Å². The Labute approximate surface area is 177 Å². The number of nitrogens with one attached hydrogen (secondary N) is 1. The lowest BCUT2D eigenvalue weighted by Gasteiger charge is -2.16. The van der Waals surface area contributed by atoms with Gasteiger partial charge in [-0.25, -0.2) is 0 Å². The van der Waals surface area contributed by atoms with Gasteiger partial charge in [0.2, 0.25) is 5.91 Å². The van der Waals surface area contributed by atoms with E-state index in [2.05, 4.69) is 5.32 Å². The number of imide groups is 1. The quantitative estimate of drug-likeness (QED) is 0.616. The van der Waals surface area contributed by atoms with Crippen molar-refractivity contribution in [2.24, 2.45) is 5.92 Å². The van der Waals surface area contributed by atoms with E-state index < -0.39 is 12.0 Å². The number of hydrogen-bond acceptors (Lipinski definition) is 5. The third kappa shape index (κ3) is 5.50. The first-order chi connectivity index (χ1) is 13.3. The SMILES string of the molecule is CC(OCC1CC1)C(=O)NCCN1C(=O)S/C(=C\c2ccc(Cl)cc2Cl)C1=O. The van der Waals surface area contributed by atoms with Crippen LogP contribution in [0.1, 0.15) is 25.3 Å². The van der Waals surface area contributed by atoms with Gasteiger partial charge >= 0.3 is 0 Å². The normalized spacial score (nSPS) is 19.4. The monoisotopic (exact) mass is 442 g/mol. The Bertz CT molecular complexity index is 826. The van der Waals surface area contributed by atoms with Crippen molar-refractivity contribution in [3.63, 3.8) is 0 Å². The van der Waals surface area contributed by atoms with Crippen molar-refractivity contribution in [2.45, 2.75) is 25.9 Å². The molecule has 1 saturated carbocycles. The summed E-state index contributed by atoms with van der Waals surface area (Å²) in [5.74, 6) is -0.0872. The highest BCUT2D eigenvalue weighted by atomic mass is 35.5. The van der Waals surface area contributed by atoms with E-state index in [1.54, 1.807) is 31.2 Å². The third-order valence-corrected chi connectivity index (χ3v) is 5.88. The third-order valence-electron chi connectivity index (χ3n) is 4.41. The molecular formula is C19H20Cl2N2O4S. The molecule has 1 unspecified atom stereocenters. The fraction of sp³-hybridized carbons (Fsp3) is 0.421. The lowest BCUT2D eigenvalue weighted by Crippen LogP contribution is -2.41. The van der Waals surface area contributed by atoms with Crippen LogP contribution in [-0.4, -0.2) is 47.8 Å². The fourth-order valence-electron chi connectivity index (χ4n) is 2.53. The summed E-state index contributed by atoms with van der Waals surface area (Å²) in [6, 6.07) is 4.91. The average molecular weight is 443 g/mol. The maximum atomic E-state index is 12.5. The number of carbonyl (C=O) groups is 3. The second-order valence-electron chi connectivity index (χ2n) is 6.71. The molecule has 0 spiro atoms. The molecule has 2 fully saturated rings. The molecule has 28 heavy (non-hydrogen) atoms. The van der Waals surface area contributed by atoms with Gasteiger partial charge in [-0.1, -0.05) is 29.3 Å². The first-order valence-corrected chi connectivity index (χ1v) is 10.5. The second kappa shape index (κ2) is 9.31. The molecule has 6 nitrogen and oxygen atoms in total. The van der Waals surface area contributed by atoms with E-state index in [0.717, 1.165) is 29.5 Å². The fourth-order valence-corrected chi connectivity index (χ4v) is 3.85. The summed E-state index contributed by atoms with van der Waals surface area (Å²) in [6.07, 6.45) is 3.32. The predicted molar refractivity (Wildman–Crippen MR) is 110 cm³/mol. The molecule has 3 amide bonds. The van der Waals surface area contributed by atoms with Crippen LogP contribution in [0.3, 0.4) is 0 Å². The van der Waals surface area contributed by atoms with Crippen molar-refractivity contribution in [3.05, 3.63) is 38.7 Å². The molecule has 1 aliphatic heterocycles. The van der Waals surface area contributed by atoms with Crippen molar-refractivity contribution in [1.29, 1.82) is 0 Å². The number of nitrogens with zero attached hydrogens (tertiary/aromatic N) is 1. The molecule has 1 aliphatic carbocycles. The summed E-state index contributed by atoms with van der Waals surface area (Å²) < 4.78 is 5.50. The highest BCUT2D eigenvalue weighted by Crippen LogP contribution is 2.33. The van der Waals surface area contributed by atoms with Crippen LogP contribution in [-0.2, 0) is 14.3 Å². The molecule has 1 heterocycles. The van der Waals surface area contributed by atoms with Crippen LogP contribution in [0.4, 0.5) is 4.79 Å². The Balaban J connectivity index is 1.52. The Morgan fingerprint density at radius 1 is 1.39 bits per heavy atom. The van der Waals surface area contributed by atoms with Crippen molar-refractivity contribution < 1.29 is 19.1 Å². The van der Waals surface area contributed by atoms with Crippen LogP contribution >= 0.6 is 35.0 Å². The molecule has 9 heteroatoms. The van der Waals surface area contributed by atoms with Crippen LogP contribution in [0.5, 0.6) is 0 Å². The van der Waals surface area contributed by atoms with Crippen LogP contribution in [0.2, 0.25) is 10.0 Å². The van der Waals surface area contributed by atoms with Gasteiger partial charge in [0.05, 0.1) is 11.5 Å². The van der Waals surface area contributed by atoms with Gasteiger partial charge in [-0.05, 0) is 61.2 Å². The number of ether oxygens (including phenoxy) is 1. The topological polar surface area (TPSA) is 75.7 Å². The van der Waals surface area contributed by atoms with Gasteiger partial charge in [0.15, 0.2) is 0 Å². The van der Waals surface area contributed by atoms with E-state index in [1.807, 2.05) is 0 Å². The maximum Gasteiger partial charge on any atom is 0.293 e. The highest BCUT2D eigenvalue weighted by Gasteiger charge is 2.35. The zero-order chi connectivity index (χ0) is 20.3. The van der Waals surface area contributed by atoms with Gasteiger partial charge in [0.1, 0.15) is 6.10 Å². The van der Waals surface area contributed by atoms with Crippen molar-refractivity contribution >= 4 is 58.1 Å². The largest absolute Gasteiger partial charge is 0.368 e. The summed E-state index contributed by atoms with van der Waals surface area (Å²) in [6.45, 7) is 2.55. The van der Waals surface area contributed by atoms with Gasteiger partial charge in [-0.3, -0.25) is 19.3 Å². The summed E-state index contributed by atoms with van der Waals surface area (Å²) in [5.41, 5.74) is 0.603. The van der Waals surface area contributed by atoms with E-state index in [0.29, 0.717) is 28.1 Å². The van der Waals surface area contributed by atoms with Crippen molar-refractivity contribution in [2.75, 3.05) is 19.7 Å². The number of rotatable bonds is 8. The Kier molecular flexibility index (Phi) is 7.04. The van der Waals surface area contributed by atoms with Crippen molar-refractivity contribution in [3.8, 4) is 0 Å². The van der Waals surface area contributed by atoms with E-state index in [4.69, 9.17) is 27.9 Å². The standard InChI is InChI=1S/C19H20Cl2N2O4S/c1-11(27-10-12-2-3-12)17(24)22-6-7-23-18(25)16(28-19(23)26)8-13-4-5-14(20)9-15(13)21/h4-5,8-9,11-12H,2-3,6-7,10H2,1H3,(H,22,24)/b16-8-. The molecule has 1 saturated heterocycles. The maximum absolute atomic E-state index is 12.5. The zero-order valence-corrected chi connectivity index (χ0v) is 17.6. The van der Waals surface area contributed by atoms with Gasteiger partial charge in [-0.15, -0.1) is 0 Å². The van der Waals surface area contributed by atoms with Gasteiger partial charge in [0.25, 0.3) is 11.1 Å². The molecule has 150 valence electrons. The molecule has 2 aliphatic rings. The van der Waals surface area contributed by atoms with Crippen LogP contribution < -0.4 is 5.32 Å². The van der Waals surface area contributed by atoms with Gasteiger partial charge < -0.3 is 10.1 Å². The van der Waals surface area contributed by atoms with E-state index in [9.17, 15) is 14.4 Å². The zero-order valence-electron chi connectivity index (χ0n) is 15.2. The lowest BCUT2D eigenvalue weighted by molar-refractivity contribution is -0.132. The number of amides is 3. The molecule has 1 aromatic carbocycles. The Morgan fingerprint density at radius 2 is 2.14 bits per heavy atom.